The van der Waals surface area contributed by atoms with Crippen molar-refractivity contribution >= 4 is 45.3 Å². The number of aryl methyl sites for hydroxylation is 2. The van der Waals surface area contributed by atoms with Gasteiger partial charge in [0.15, 0.2) is 5.16 Å². The van der Waals surface area contributed by atoms with Gasteiger partial charge in [-0.25, -0.2) is 9.78 Å². The Hall–Kier alpha value is -2.13. The molecule has 3 heterocycles. The molecule has 1 aliphatic heterocycles. The highest BCUT2D eigenvalue weighted by atomic mass is 32.2. The number of urea groups is 1. The van der Waals surface area contributed by atoms with Crippen LogP contribution in [-0.2, 0) is 24.2 Å². The molecule has 1 aliphatic carbocycles. The summed E-state index contributed by atoms with van der Waals surface area (Å²) < 4.78 is 1.69. The number of hydrogen-bond donors (Lipinski definition) is 1. The fourth-order valence-electron chi connectivity index (χ4n) is 3.69. The van der Waals surface area contributed by atoms with Crippen molar-refractivity contribution in [2.45, 2.75) is 43.8 Å². The van der Waals surface area contributed by atoms with Crippen molar-refractivity contribution in [1.29, 1.82) is 0 Å². The van der Waals surface area contributed by atoms with Gasteiger partial charge in [0.25, 0.3) is 5.56 Å². The van der Waals surface area contributed by atoms with Crippen molar-refractivity contribution in [3.63, 3.8) is 0 Å². The van der Waals surface area contributed by atoms with Gasteiger partial charge >= 0.3 is 6.03 Å². The number of carbonyl (C=O) groups excluding carboxylic acids is 2. The normalized spacial score (nSPS) is 16.5. The number of amides is 3. The Kier molecular flexibility index (Phi) is 5.54. The van der Waals surface area contributed by atoms with Crippen molar-refractivity contribution < 1.29 is 9.59 Å². The Morgan fingerprint density at radius 2 is 2.07 bits per heavy atom. The Balaban J connectivity index is 1.55. The van der Waals surface area contributed by atoms with Gasteiger partial charge < -0.3 is 5.32 Å². The summed E-state index contributed by atoms with van der Waals surface area (Å²) >= 11 is 3.13. The first-order chi connectivity index (χ1) is 13.6. The SMILES string of the molecule is C=CCn1c(SCCCN2C(=O)CNC2=O)nc2sc3c(c2c1=O)CCCC3. The van der Waals surface area contributed by atoms with E-state index >= 15 is 0 Å². The molecule has 148 valence electrons. The zero-order valence-electron chi connectivity index (χ0n) is 15.5. The summed E-state index contributed by atoms with van der Waals surface area (Å²) in [7, 11) is 0. The fourth-order valence-corrected chi connectivity index (χ4v) is 5.92. The van der Waals surface area contributed by atoms with Gasteiger partial charge in [0.2, 0.25) is 5.91 Å². The Bertz CT molecular complexity index is 995. The van der Waals surface area contributed by atoms with Gasteiger partial charge in [-0.2, -0.15) is 0 Å². The molecule has 3 amide bonds. The highest BCUT2D eigenvalue weighted by molar-refractivity contribution is 7.99. The van der Waals surface area contributed by atoms with E-state index in [1.54, 1.807) is 22.0 Å². The van der Waals surface area contributed by atoms with Gasteiger partial charge in [-0.1, -0.05) is 17.8 Å². The molecule has 2 aromatic heterocycles. The molecule has 0 spiro atoms. The summed E-state index contributed by atoms with van der Waals surface area (Å²) in [5.74, 6) is 0.472. The van der Waals surface area contributed by atoms with Crippen LogP contribution in [0.1, 0.15) is 29.7 Å². The van der Waals surface area contributed by atoms with Crippen molar-refractivity contribution in [3.8, 4) is 0 Å². The first-order valence-corrected chi connectivity index (χ1v) is 11.3. The predicted molar refractivity (Wildman–Crippen MR) is 111 cm³/mol. The second-order valence-corrected chi connectivity index (χ2v) is 9.04. The average molecular weight is 419 g/mol. The molecule has 0 radical (unpaired) electrons. The largest absolute Gasteiger partial charge is 0.329 e. The zero-order valence-corrected chi connectivity index (χ0v) is 17.2. The molecule has 1 saturated heterocycles. The van der Waals surface area contributed by atoms with Crippen LogP contribution in [0.25, 0.3) is 10.2 Å². The number of carbonyl (C=O) groups is 2. The van der Waals surface area contributed by atoms with Gasteiger partial charge in [-0.05, 0) is 37.7 Å². The highest BCUT2D eigenvalue weighted by Crippen LogP contribution is 2.34. The molecule has 0 unspecified atom stereocenters. The number of hydrogen-bond acceptors (Lipinski definition) is 6. The van der Waals surface area contributed by atoms with E-state index in [4.69, 9.17) is 4.98 Å². The van der Waals surface area contributed by atoms with Gasteiger partial charge in [0.1, 0.15) is 4.83 Å². The number of nitrogens with zero attached hydrogens (tertiary/aromatic N) is 3. The molecule has 0 atom stereocenters. The van der Waals surface area contributed by atoms with Crippen LogP contribution in [0, 0.1) is 0 Å². The van der Waals surface area contributed by atoms with Crippen LogP contribution in [0.5, 0.6) is 0 Å². The lowest BCUT2D eigenvalue weighted by Crippen LogP contribution is -2.32. The van der Waals surface area contributed by atoms with E-state index < -0.39 is 0 Å². The van der Waals surface area contributed by atoms with Crippen molar-refractivity contribution in [2.24, 2.45) is 0 Å². The van der Waals surface area contributed by atoms with Crippen molar-refractivity contribution in [2.75, 3.05) is 18.8 Å². The van der Waals surface area contributed by atoms with Crippen molar-refractivity contribution in [1.82, 2.24) is 19.8 Å². The molecule has 0 aromatic carbocycles. The monoisotopic (exact) mass is 418 g/mol. The molecule has 0 saturated carbocycles. The van der Waals surface area contributed by atoms with E-state index in [1.807, 2.05) is 0 Å². The smallest absolute Gasteiger partial charge is 0.324 e. The Morgan fingerprint density at radius 1 is 1.25 bits per heavy atom. The number of thioether (sulfide) groups is 1. The quantitative estimate of drug-likeness (QED) is 0.246. The second kappa shape index (κ2) is 8.08. The van der Waals surface area contributed by atoms with Crippen LogP contribution in [0.3, 0.4) is 0 Å². The van der Waals surface area contributed by atoms with Crippen LogP contribution in [0.2, 0.25) is 0 Å². The minimum absolute atomic E-state index is 0.0147. The lowest BCUT2D eigenvalue weighted by molar-refractivity contribution is -0.124. The zero-order chi connectivity index (χ0) is 19.7. The summed E-state index contributed by atoms with van der Waals surface area (Å²) in [6.45, 7) is 4.64. The summed E-state index contributed by atoms with van der Waals surface area (Å²) in [5.41, 5.74) is 1.21. The average Bonchev–Trinajstić information content (AvgIpc) is 3.21. The van der Waals surface area contributed by atoms with E-state index in [9.17, 15) is 14.4 Å². The van der Waals surface area contributed by atoms with Crippen LogP contribution in [0.4, 0.5) is 4.79 Å². The molecule has 0 bridgehead atoms. The summed E-state index contributed by atoms with van der Waals surface area (Å²) in [6, 6.07) is -0.331. The maximum atomic E-state index is 13.2. The van der Waals surface area contributed by atoms with Crippen LogP contribution >= 0.6 is 23.1 Å². The highest BCUT2D eigenvalue weighted by Gasteiger charge is 2.27. The van der Waals surface area contributed by atoms with E-state index in [2.05, 4.69) is 11.9 Å². The summed E-state index contributed by atoms with van der Waals surface area (Å²) in [6.07, 6.45) is 6.65. The number of rotatable bonds is 7. The minimum Gasteiger partial charge on any atom is -0.329 e. The van der Waals surface area contributed by atoms with Crippen molar-refractivity contribution in [3.05, 3.63) is 33.4 Å². The van der Waals surface area contributed by atoms with Gasteiger partial charge in [0.05, 0.1) is 11.9 Å². The Morgan fingerprint density at radius 3 is 2.82 bits per heavy atom. The molecule has 2 aliphatic rings. The number of aromatic nitrogens is 2. The molecule has 9 heteroatoms. The molecule has 7 nitrogen and oxygen atoms in total. The lowest BCUT2D eigenvalue weighted by Gasteiger charge is -2.13. The maximum Gasteiger partial charge on any atom is 0.324 e. The van der Waals surface area contributed by atoms with E-state index in [1.165, 1.54) is 33.5 Å². The number of imide groups is 1. The molecular weight excluding hydrogens is 396 g/mol. The molecular formula is C19H22N4O3S2. The third kappa shape index (κ3) is 3.48. The molecule has 4 rings (SSSR count). The first kappa shape index (κ1) is 19.2. The predicted octanol–water partition coefficient (Wildman–Crippen LogP) is 2.56. The standard InChI is InChI=1S/C19H22N4O3S2/c1-2-8-23-17(25)15-12-6-3-4-7-13(12)28-16(15)21-19(23)27-10-5-9-22-14(24)11-20-18(22)26/h2H,1,3-11H2,(H,20,26). The van der Waals surface area contributed by atoms with Crippen LogP contribution in [-0.4, -0.2) is 45.2 Å². The fraction of sp³-hybridized carbons (Fsp3) is 0.474. The van der Waals surface area contributed by atoms with Gasteiger partial charge in [-0.3, -0.25) is 19.1 Å². The molecule has 28 heavy (non-hydrogen) atoms. The summed E-state index contributed by atoms with van der Waals surface area (Å²) in [4.78, 5) is 44.6. The minimum atomic E-state index is -0.331. The number of thiophene rings is 1. The molecule has 1 N–H and O–H groups in total. The molecule has 1 fully saturated rings. The topological polar surface area (TPSA) is 84.3 Å². The third-order valence-corrected chi connectivity index (χ3v) is 7.29. The second-order valence-electron chi connectivity index (χ2n) is 6.90. The number of allylic oxidation sites excluding steroid dienone is 1. The Labute approximate surface area is 170 Å². The van der Waals surface area contributed by atoms with Gasteiger partial charge in [0, 0.05) is 23.7 Å². The maximum absolute atomic E-state index is 13.2. The lowest BCUT2D eigenvalue weighted by atomic mass is 9.97. The third-order valence-electron chi connectivity index (χ3n) is 5.05. The number of nitrogens with one attached hydrogen (secondary N) is 1. The van der Waals surface area contributed by atoms with Gasteiger partial charge in [-0.15, -0.1) is 17.9 Å². The van der Waals surface area contributed by atoms with E-state index in [0.717, 1.165) is 29.5 Å². The number of fused-ring (bicyclic) bond motifs is 3. The summed E-state index contributed by atoms with van der Waals surface area (Å²) in [5, 5.41) is 3.98. The first-order valence-electron chi connectivity index (χ1n) is 9.47. The van der Waals surface area contributed by atoms with Crippen LogP contribution < -0.4 is 10.9 Å². The van der Waals surface area contributed by atoms with E-state index in [-0.39, 0.29) is 24.0 Å². The molecule has 2 aromatic rings. The van der Waals surface area contributed by atoms with E-state index in [0.29, 0.717) is 30.4 Å². The van der Waals surface area contributed by atoms with Crippen LogP contribution in [0.15, 0.2) is 22.6 Å².